The summed E-state index contributed by atoms with van der Waals surface area (Å²) in [5.41, 5.74) is 0.820. The number of benzene rings is 1. The Hall–Kier alpha value is -1.34. The zero-order chi connectivity index (χ0) is 14.0. The molecule has 1 amide bonds. The number of carbonyl (C=O) groups excluding carboxylic acids is 1. The average molecular weight is 389 g/mol. The summed E-state index contributed by atoms with van der Waals surface area (Å²) in [6, 6.07) is 8.42. The van der Waals surface area contributed by atoms with Gasteiger partial charge in [-0.05, 0) is 59.8 Å². The molecule has 98 valence electrons. The Bertz CT molecular complexity index is 697. The Morgan fingerprint density at radius 2 is 2.05 bits per heavy atom. The summed E-state index contributed by atoms with van der Waals surface area (Å²) < 4.78 is 0.966. The number of hydrogen-bond donors (Lipinski definition) is 2. The summed E-state index contributed by atoms with van der Waals surface area (Å²) in [7, 11) is 0. The fraction of sp³-hybridized carbons (Fsp3) is 0.0769. The van der Waals surface area contributed by atoms with E-state index in [4.69, 9.17) is 11.6 Å². The SMILES string of the molecule is Cc1ccc(C(=O)Nc2ccc(I)cc2Cl)c(=O)[nH]1. The van der Waals surface area contributed by atoms with Gasteiger partial charge in [-0.2, -0.15) is 0 Å². The molecule has 0 fully saturated rings. The molecule has 4 nitrogen and oxygen atoms in total. The van der Waals surface area contributed by atoms with E-state index in [1.165, 1.54) is 6.07 Å². The maximum atomic E-state index is 12.0. The van der Waals surface area contributed by atoms with Crippen LogP contribution in [0.3, 0.4) is 0 Å². The number of aromatic nitrogens is 1. The highest BCUT2D eigenvalue weighted by Crippen LogP contribution is 2.24. The van der Waals surface area contributed by atoms with Crippen LogP contribution in [0.4, 0.5) is 5.69 Å². The second-order valence-corrected chi connectivity index (χ2v) is 5.62. The monoisotopic (exact) mass is 388 g/mol. The smallest absolute Gasteiger partial charge is 0.261 e. The Labute approximate surface area is 128 Å². The summed E-state index contributed by atoms with van der Waals surface area (Å²) in [5, 5.41) is 3.05. The van der Waals surface area contributed by atoms with Gasteiger partial charge < -0.3 is 10.3 Å². The molecule has 0 radical (unpaired) electrons. The molecule has 0 saturated carbocycles. The van der Waals surface area contributed by atoms with Crippen LogP contribution in [0, 0.1) is 10.5 Å². The Morgan fingerprint density at radius 3 is 2.68 bits per heavy atom. The van der Waals surface area contributed by atoms with Gasteiger partial charge in [-0.3, -0.25) is 9.59 Å². The number of aryl methyl sites for hydroxylation is 1. The third kappa shape index (κ3) is 3.36. The summed E-state index contributed by atoms with van der Waals surface area (Å²) in [4.78, 5) is 26.2. The average Bonchev–Trinajstić information content (AvgIpc) is 2.32. The molecular formula is C13H10ClIN2O2. The molecule has 0 aliphatic heterocycles. The van der Waals surface area contributed by atoms with E-state index >= 15 is 0 Å². The number of hydrogen-bond acceptors (Lipinski definition) is 2. The molecule has 6 heteroatoms. The first-order chi connectivity index (χ1) is 8.97. The molecule has 0 spiro atoms. The number of pyridine rings is 1. The van der Waals surface area contributed by atoms with E-state index in [2.05, 4.69) is 32.9 Å². The van der Waals surface area contributed by atoms with Crippen molar-refractivity contribution in [2.75, 3.05) is 5.32 Å². The lowest BCUT2D eigenvalue weighted by Gasteiger charge is -2.07. The standard InChI is InChI=1S/C13H10ClIN2O2/c1-7-2-4-9(12(18)16-7)13(19)17-11-5-3-8(15)6-10(11)14/h2-6H,1H3,(H,16,18)(H,17,19). The summed E-state index contributed by atoms with van der Waals surface area (Å²) >= 11 is 8.14. The minimum atomic E-state index is -0.482. The maximum Gasteiger partial charge on any atom is 0.261 e. The topological polar surface area (TPSA) is 62.0 Å². The highest BCUT2D eigenvalue weighted by atomic mass is 127. The Kier molecular flexibility index (Phi) is 4.26. The van der Waals surface area contributed by atoms with Gasteiger partial charge in [0.2, 0.25) is 0 Å². The van der Waals surface area contributed by atoms with Crippen LogP contribution in [0.5, 0.6) is 0 Å². The number of nitrogens with one attached hydrogen (secondary N) is 2. The number of H-pyrrole nitrogens is 1. The highest BCUT2D eigenvalue weighted by Gasteiger charge is 2.12. The highest BCUT2D eigenvalue weighted by molar-refractivity contribution is 14.1. The lowest BCUT2D eigenvalue weighted by molar-refractivity contribution is 0.102. The normalized spacial score (nSPS) is 10.3. The first-order valence-corrected chi connectivity index (χ1v) is 6.89. The molecular weight excluding hydrogens is 379 g/mol. The molecule has 2 N–H and O–H groups in total. The lowest BCUT2D eigenvalue weighted by atomic mass is 10.2. The number of amides is 1. The van der Waals surface area contributed by atoms with Gasteiger partial charge in [-0.25, -0.2) is 0 Å². The fourth-order valence-electron chi connectivity index (χ4n) is 1.53. The van der Waals surface area contributed by atoms with Crippen molar-refractivity contribution in [1.29, 1.82) is 0 Å². The van der Waals surface area contributed by atoms with Crippen LogP contribution in [0.1, 0.15) is 16.1 Å². The molecule has 2 rings (SSSR count). The summed E-state index contributed by atoms with van der Waals surface area (Å²) in [6.07, 6.45) is 0. The van der Waals surface area contributed by atoms with Crippen LogP contribution in [0.25, 0.3) is 0 Å². The molecule has 0 atom stereocenters. The number of rotatable bonds is 2. The number of anilines is 1. The van der Waals surface area contributed by atoms with Crippen LogP contribution in [0.2, 0.25) is 5.02 Å². The minimum absolute atomic E-state index is 0.0558. The minimum Gasteiger partial charge on any atom is -0.326 e. The van der Waals surface area contributed by atoms with Gasteiger partial charge in [0.15, 0.2) is 0 Å². The van der Waals surface area contributed by atoms with E-state index in [0.29, 0.717) is 16.4 Å². The first-order valence-electron chi connectivity index (χ1n) is 5.43. The van der Waals surface area contributed by atoms with Gasteiger partial charge in [-0.15, -0.1) is 0 Å². The zero-order valence-corrected chi connectivity index (χ0v) is 12.9. The van der Waals surface area contributed by atoms with Crippen molar-refractivity contribution in [3.8, 4) is 0 Å². The van der Waals surface area contributed by atoms with E-state index < -0.39 is 11.5 Å². The van der Waals surface area contributed by atoms with E-state index in [1.54, 1.807) is 25.1 Å². The Balaban J connectivity index is 2.28. The van der Waals surface area contributed by atoms with Crippen LogP contribution in [-0.4, -0.2) is 10.9 Å². The van der Waals surface area contributed by atoms with Crippen molar-refractivity contribution in [3.63, 3.8) is 0 Å². The second-order valence-electron chi connectivity index (χ2n) is 3.96. The van der Waals surface area contributed by atoms with Crippen molar-refractivity contribution < 1.29 is 4.79 Å². The molecule has 0 saturated heterocycles. The van der Waals surface area contributed by atoms with Gasteiger partial charge in [0.1, 0.15) is 5.56 Å². The predicted octanol–water partition coefficient (Wildman–Crippen LogP) is 3.19. The molecule has 1 heterocycles. The number of aromatic amines is 1. The zero-order valence-electron chi connectivity index (χ0n) is 9.96. The molecule has 0 bridgehead atoms. The van der Waals surface area contributed by atoms with Crippen molar-refractivity contribution in [1.82, 2.24) is 4.98 Å². The predicted molar refractivity (Wildman–Crippen MR) is 83.9 cm³/mol. The largest absolute Gasteiger partial charge is 0.326 e. The summed E-state index contributed by atoms with van der Waals surface area (Å²) in [6.45, 7) is 1.75. The van der Waals surface area contributed by atoms with E-state index in [-0.39, 0.29) is 5.56 Å². The molecule has 2 aromatic rings. The second kappa shape index (κ2) is 5.75. The van der Waals surface area contributed by atoms with E-state index in [9.17, 15) is 9.59 Å². The first kappa shape index (κ1) is 14.1. The molecule has 0 unspecified atom stereocenters. The molecule has 19 heavy (non-hydrogen) atoms. The van der Waals surface area contributed by atoms with Gasteiger partial charge in [0, 0.05) is 9.26 Å². The number of halogens is 2. The van der Waals surface area contributed by atoms with Crippen molar-refractivity contribution in [2.24, 2.45) is 0 Å². The van der Waals surface area contributed by atoms with Crippen LogP contribution in [-0.2, 0) is 0 Å². The van der Waals surface area contributed by atoms with Crippen LogP contribution < -0.4 is 10.9 Å². The van der Waals surface area contributed by atoms with Crippen molar-refractivity contribution >= 4 is 45.8 Å². The molecule has 0 aliphatic rings. The van der Waals surface area contributed by atoms with Gasteiger partial charge in [0.05, 0.1) is 10.7 Å². The maximum absolute atomic E-state index is 12.0. The lowest BCUT2D eigenvalue weighted by Crippen LogP contribution is -2.23. The molecule has 0 aliphatic carbocycles. The van der Waals surface area contributed by atoms with E-state index in [0.717, 1.165) is 3.57 Å². The number of carbonyl (C=O) groups is 1. The third-order valence-corrected chi connectivity index (χ3v) is 3.46. The van der Waals surface area contributed by atoms with Crippen LogP contribution in [0.15, 0.2) is 35.1 Å². The van der Waals surface area contributed by atoms with Gasteiger partial charge in [-0.1, -0.05) is 11.6 Å². The van der Waals surface area contributed by atoms with Crippen LogP contribution >= 0.6 is 34.2 Å². The third-order valence-electron chi connectivity index (χ3n) is 2.48. The van der Waals surface area contributed by atoms with Gasteiger partial charge >= 0.3 is 0 Å². The molecule has 1 aromatic carbocycles. The van der Waals surface area contributed by atoms with Gasteiger partial charge in [0.25, 0.3) is 11.5 Å². The molecule has 1 aromatic heterocycles. The van der Waals surface area contributed by atoms with Crippen molar-refractivity contribution in [2.45, 2.75) is 6.92 Å². The van der Waals surface area contributed by atoms with E-state index in [1.807, 2.05) is 6.07 Å². The summed E-state index contributed by atoms with van der Waals surface area (Å²) in [5.74, 6) is -0.482. The van der Waals surface area contributed by atoms with Crippen molar-refractivity contribution in [3.05, 3.63) is 60.5 Å². The Morgan fingerprint density at radius 1 is 1.32 bits per heavy atom. The fourth-order valence-corrected chi connectivity index (χ4v) is 2.43. The quantitative estimate of drug-likeness (QED) is 0.776.